The molecule has 4 heterocycles. The molecule has 6 rings (SSSR count). The number of aromatic nitrogens is 4. The number of fused-ring (bicyclic) bond motifs is 1. The summed E-state index contributed by atoms with van der Waals surface area (Å²) < 4.78 is 13.9. The molecule has 5 aromatic rings. The van der Waals surface area contributed by atoms with Crippen molar-refractivity contribution in [2.45, 2.75) is 13.1 Å². The van der Waals surface area contributed by atoms with Crippen LogP contribution >= 0.6 is 35.3 Å². The zero-order valence-corrected chi connectivity index (χ0v) is 25.9. The van der Waals surface area contributed by atoms with Gasteiger partial charge < -0.3 is 19.7 Å². The Balaban J connectivity index is 0.00000353. The molecule has 1 aliphatic rings. The molecule has 1 fully saturated rings. The summed E-state index contributed by atoms with van der Waals surface area (Å²) in [5, 5.41) is 7.99. The Hall–Kier alpha value is -3.41. The lowest BCUT2D eigenvalue weighted by molar-refractivity contribution is 0.229. The van der Waals surface area contributed by atoms with Gasteiger partial charge in [-0.2, -0.15) is 5.10 Å². The van der Waals surface area contributed by atoms with Crippen LogP contribution < -0.4 is 19.7 Å². The number of ether oxygens (including phenoxy) is 2. The van der Waals surface area contributed by atoms with Gasteiger partial charge in [0.15, 0.2) is 0 Å². The first-order valence-corrected chi connectivity index (χ1v) is 14.7. The highest BCUT2D eigenvalue weighted by atomic mass is 35.5. The Bertz CT molecular complexity index is 1620. The Morgan fingerprint density at radius 1 is 0.929 bits per heavy atom. The molecule has 42 heavy (non-hydrogen) atoms. The van der Waals surface area contributed by atoms with E-state index in [-0.39, 0.29) is 12.4 Å². The predicted molar refractivity (Wildman–Crippen MR) is 172 cm³/mol. The van der Waals surface area contributed by atoms with E-state index in [9.17, 15) is 0 Å². The van der Waals surface area contributed by atoms with Crippen LogP contribution in [0.1, 0.15) is 4.88 Å². The average molecular weight is 627 g/mol. The second kappa shape index (κ2) is 13.7. The van der Waals surface area contributed by atoms with Crippen molar-refractivity contribution < 1.29 is 9.47 Å². The van der Waals surface area contributed by atoms with Crippen LogP contribution in [0.2, 0.25) is 4.34 Å². The van der Waals surface area contributed by atoms with Crippen molar-refractivity contribution in [3.05, 3.63) is 76.3 Å². The van der Waals surface area contributed by atoms with Crippen LogP contribution in [-0.4, -0.2) is 71.6 Å². The molecular weight excluding hydrogens is 593 g/mol. The maximum Gasteiger partial charge on any atom is 0.124 e. The molecule has 1 aliphatic heterocycles. The van der Waals surface area contributed by atoms with E-state index >= 15 is 0 Å². The third-order valence-corrected chi connectivity index (χ3v) is 8.43. The molecule has 0 amide bonds. The summed E-state index contributed by atoms with van der Waals surface area (Å²) in [6.07, 6.45) is 5.74. The minimum Gasteiger partial charge on any atom is -0.497 e. The molecule has 0 spiro atoms. The maximum absolute atomic E-state index is 6.28. The third kappa shape index (κ3) is 6.96. The van der Waals surface area contributed by atoms with Crippen LogP contribution in [0.3, 0.4) is 0 Å². The summed E-state index contributed by atoms with van der Waals surface area (Å²) in [6.45, 7) is 6.68. The number of benzene rings is 2. The number of hydrogen-bond donors (Lipinski definition) is 1. The number of nitrogens with zero attached hydrogens (tertiary/aromatic N) is 6. The smallest absolute Gasteiger partial charge is 0.124 e. The fourth-order valence-electron chi connectivity index (χ4n) is 4.98. The monoisotopic (exact) mass is 625 g/mol. The van der Waals surface area contributed by atoms with Gasteiger partial charge in [-0.3, -0.25) is 14.6 Å². The summed E-state index contributed by atoms with van der Waals surface area (Å²) in [6, 6.07) is 16.0. The Morgan fingerprint density at radius 3 is 2.43 bits per heavy atom. The SMILES string of the molecule is COc1cc(OC)cc(N(Cc2ccc(Cl)s2)c2ccc3ncc(-c4cnn(CCN5CCNCC5)c4)nc3c2)c1.Cl. The molecule has 0 saturated carbocycles. The van der Waals surface area contributed by atoms with Gasteiger partial charge in [0, 0.05) is 78.9 Å². The van der Waals surface area contributed by atoms with Crippen molar-refractivity contribution in [2.24, 2.45) is 0 Å². The first-order chi connectivity index (χ1) is 20.1. The number of thiophene rings is 1. The topological polar surface area (TPSA) is 80.6 Å². The van der Waals surface area contributed by atoms with E-state index in [0.717, 1.165) is 82.1 Å². The van der Waals surface area contributed by atoms with Crippen LogP contribution in [-0.2, 0) is 13.1 Å². The number of piperazine rings is 1. The molecule has 0 unspecified atom stereocenters. The fourth-order valence-corrected chi connectivity index (χ4v) is 6.05. The number of hydrogen-bond acceptors (Lipinski definition) is 9. The van der Waals surface area contributed by atoms with Crippen molar-refractivity contribution in [3.8, 4) is 22.8 Å². The number of rotatable bonds is 10. The van der Waals surface area contributed by atoms with Gasteiger partial charge in [-0.05, 0) is 30.3 Å². The molecule has 0 radical (unpaired) electrons. The van der Waals surface area contributed by atoms with Gasteiger partial charge in [0.25, 0.3) is 0 Å². The summed E-state index contributed by atoms with van der Waals surface area (Å²) in [5.41, 5.74) is 5.27. The summed E-state index contributed by atoms with van der Waals surface area (Å²) in [4.78, 5) is 15.5. The third-order valence-electron chi connectivity index (χ3n) is 7.21. The lowest BCUT2D eigenvalue weighted by Crippen LogP contribution is -2.44. The molecular formula is C30H33Cl2N7O2S. The zero-order valence-electron chi connectivity index (χ0n) is 23.5. The second-order valence-electron chi connectivity index (χ2n) is 9.87. The largest absolute Gasteiger partial charge is 0.497 e. The van der Waals surface area contributed by atoms with Crippen molar-refractivity contribution in [2.75, 3.05) is 51.8 Å². The maximum atomic E-state index is 6.28. The predicted octanol–water partition coefficient (Wildman–Crippen LogP) is 5.89. The average Bonchev–Trinajstić information content (AvgIpc) is 3.67. The van der Waals surface area contributed by atoms with E-state index in [1.54, 1.807) is 25.6 Å². The Labute approximate surface area is 260 Å². The van der Waals surface area contributed by atoms with Gasteiger partial charge in [0.2, 0.25) is 0 Å². The van der Waals surface area contributed by atoms with Gasteiger partial charge >= 0.3 is 0 Å². The minimum absolute atomic E-state index is 0. The normalized spacial score (nSPS) is 13.6. The molecule has 12 heteroatoms. The van der Waals surface area contributed by atoms with E-state index in [1.807, 2.05) is 47.4 Å². The molecule has 220 valence electrons. The van der Waals surface area contributed by atoms with Gasteiger partial charge in [-0.25, -0.2) is 4.98 Å². The van der Waals surface area contributed by atoms with Crippen molar-refractivity contribution in [1.29, 1.82) is 0 Å². The highest BCUT2D eigenvalue weighted by molar-refractivity contribution is 7.16. The van der Waals surface area contributed by atoms with E-state index in [0.29, 0.717) is 18.0 Å². The first-order valence-electron chi connectivity index (χ1n) is 13.6. The van der Waals surface area contributed by atoms with Crippen molar-refractivity contribution >= 4 is 57.8 Å². The Kier molecular flexibility index (Phi) is 9.81. The highest BCUT2D eigenvalue weighted by Crippen LogP contribution is 2.36. The van der Waals surface area contributed by atoms with E-state index in [4.69, 9.17) is 31.0 Å². The molecule has 1 saturated heterocycles. The molecule has 9 nitrogen and oxygen atoms in total. The summed E-state index contributed by atoms with van der Waals surface area (Å²) in [7, 11) is 3.31. The number of methoxy groups -OCH3 is 2. The van der Waals surface area contributed by atoms with Crippen LogP contribution in [0, 0.1) is 0 Å². The second-order valence-corrected chi connectivity index (χ2v) is 11.7. The standard InChI is InChI=1S/C30H32ClN7O2S.ClH/c1-39-24-13-23(14-25(16-24)40-2)38(20-26-4-6-30(31)41-26)22-3-5-27-28(15-22)35-29(18-33-27)21-17-34-37(19-21)12-11-36-9-7-32-8-10-36;/h3-6,13-19,32H,7-12,20H2,1-2H3;1H. The van der Waals surface area contributed by atoms with Crippen molar-refractivity contribution in [3.63, 3.8) is 0 Å². The van der Waals surface area contributed by atoms with Crippen LogP contribution in [0.4, 0.5) is 11.4 Å². The van der Waals surface area contributed by atoms with E-state index in [1.165, 1.54) is 0 Å². The molecule has 0 atom stereocenters. The lowest BCUT2D eigenvalue weighted by atomic mass is 10.2. The number of halogens is 2. The number of anilines is 2. The first kappa shape index (κ1) is 30.1. The zero-order chi connectivity index (χ0) is 28.2. The van der Waals surface area contributed by atoms with Gasteiger partial charge in [0.1, 0.15) is 11.5 Å². The minimum atomic E-state index is 0. The quantitative estimate of drug-likeness (QED) is 0.206. The molecule has 1 N–H and O–H groups in total. The molecule has 2 aromatic carbocycles. The molecule has 0 bridgehead atoms. The Morgan fingerprint density at radius 2 is 1.71 bits per heavy atom. The van der Waals surface area contributed by atoms with Crippen LogP contribution in [0.5, 0.6) is 11.5 Å². The number of nitrogens with one attached hydrogen (secondary N) is 1. The molecule has 3 aromatic heterocycles. The summed E-state index contributed by atoms with van der Waals surface area (Å²) in [5.74, 6) is 1.43. The van der Waals surface area contributed by atoms with Crippen molar-refractivity contribution in [1.82, 2.24) is 30.0 Å². The van der Waals surface area contributed by atoms with E-state index in [2.05, 4.69) is 44.6 Å². The molecule has 0 aliphatic carbocycles. The van der Waals surface area contributed by atoms with Gasteiger partial charge in [0.05, 0.1) is 60.8 Å². The highest BCUT2D eigenvalue weighted by Gasteiger charge is 2.17. The van der Waals surface area contributed by atoms with Gasteiger partial charge in [-0.1, -0.05) is 11.6 Å². The van der Waals surface area contributed by atoms with E-state index < -0.39 is 0 Å². The summed E-state index contributed by atoms with van der Waals surface area (Å²) >= 11 is 7.84. The van der Waals surface area contributed by atoms with Crippen LogP contribution in [0.15, 0.2) is 67.1 Å². The van der Waals surface area contributed by atoms with Gasteiger partial charge in [-0.15, -0.1) is 23.7 Å². The fraction of sp³-hybridized carbons (Fsp3) is 0.300. The van der Waals surface area contributed by atoms with Crippen LogP contribution in [0.25, 0.3) is 22.3 Å². The lowest BCUT2D eigenvalue weighted by Gasteiger charge is -2.26.